The average Bonchev–Trinajstić information content (AvgIpc) is 3.43. The number of ether oxygens (including phenoxy) is 2. The molecule has 168 valence electrons. The molecule has 0 fully saturated rings. The molecule has 33 heavy (non-hydrogen) atoms. The van der Waals surface area contributed by atoms with E-state index >= 15 is 0 Å². The van der Waals surface area contributed by atoms with Crippen LogP contribution >= 0.6 is 0 Å². The normalized spacial score (nSPS) is 14.0. The zero-order valence-corrected chi connectivity index (χ0v) is 18.7. The van der Waals surface area contributed by atoms with Crippen molar-refractivity contribution in [3.05, 3.63) is 96.4 Å². The van der Waals surface area contributed by atoms with E-state index in [0.717, 1.165) is 53.7 Å². The lowest BCUT2D eigenvalue weighted by Crippen LogP contribution is -2.26. The summed E-state index contributed by atoms with van der Waals surface area (Å²) >= 11 is 0. The van der Waals surface area contributed by atoms with Gasteiger partial charge in [-0.1, -0.05) is 47.6 Å². The van der Waals surface area contributed by atoms with Gasteiger partial charge < -0.3 is 23.8 Å². The van der Waals surface area contributed by atoms with Crippen LogP contribution in [0.3, 0.4) is 0 Å². The third-order valence-electron chi connectivity index (χ3n) is 5.77. The minimum Gasteiger partial charge on any atom is -0.454 e. The van der Waals surface area contributed by atoms with Gasteiger partial charge in [-0.15, -0.1) is 0 Å². The summed E-state index contributed by atoms with van der Waals surface area (Å²) < 4.78 is 16.9. The van der Waals surface area contributed by atoms with E-state index in [9.17, 15) is 0 Å². The fourth-order valence-electron chi connectivity index (χ4n) is 4.02. The predicted octanol–water partition coefficient (Wildman–Crippen LogP) is 5.67. The van der Waals surface area contributed by atoms with Crippen molar-refractivity contribution >= 4 is 5.88 Å². The molecule has 5 rings (SSSR count). The highest BCUT2D eigenvalue weighted by Gasteiger charge is 2.18. The summed E-state index contributed by atoms with van der Waals surface area (Å²) in [5, 5.41) is 4.38. The molecule has 3 aromatic rings. The fourth-order valence-corrected chi connectivity index (χ4v) is 4.02. The summed E-state index contributed by atoms with van der Waals surface area (Å²) in [4.78, 5) is 4.42. The molecule has 6 nitrogen and oxygen atoms in total. The Balaban J connectivity index is 1.34. The maximum atomic E-state index is 5.83. The number of anilines is 1. The van der Waals surface area contributed by atoms with Crippen LogP contribution in [0.25, 0.3) is 11.3 Å². The molecule has 2 aromatic carbocycles. The van der Waals surface area contributed by atoms with E-state index in [1.54, 1.807) is 0 Å². The van der Waals surface area contributed by atoms with Gasteiger partial charge in [-0.2, -0.15) is 0 Å². The van der Waals surface area contributed by atoms with Crippen LogP contribution in [-0.2, 0) is 6.54 Å². The highest BCUT2D eigenvalue weighted by Crippen LogP contribution is 2.34. The number of hydrogen-bond acceptors (Lipinski definition) is 6. The van der Waals surface area contributed by atoms with Gasteiger partial charge in [0.1, 0.15) is 5.69 Å². The third kappa shape index (κ3) is 4.95. The van der Waals surface area contributed by atoms with Gasteiger partial charge in [0.05, 0.1) is 0 Å². The van der Waals surface area contributed by atoms with Crippen LogP contribution in [0.1, 0.15) is 17.5 Å². The summed E-state index contributed by atoms with van der Waals surface area (Å²) in [6.07, 6.45) is 13.3. The molecule has 0 saturated carbocycles. The molecule has 0 aliphatic carbocycles. The quantitative estimate of drug-likeness (QED) is 0.449. The van der Waals surface area contributed by atoms with E-state index in [2.05, 4.69) is 64.6 Å². The lowest BCUT2D eigenvalue weighted by Gasteiger charge is -2.23. The summed E-state index contributed by atoms with van der Waals surface area (Å²) in [6.45, 7) is 4.78. The molecule has 0 spiro atoms. The second kappa shape index (κ2) is 9.69. The van der Waals surface area contributed by atoms with Crippen molar-refractivity contribution in [3.63, 3.8) is 0 Å². The van der Waals surface area contributed by atoms with Crippen LogP contribution in [-0.4, -0.2) is 29.9 Å². The molecule has 0 saturated heterocycles. The molecule has 2 aliphatic heterocycles. The largest absolute Gasteiger partial charge is 0.454 e. The second-order valence-electron chi connectivity index (χ2n) is 8.13. The molecule has 1 aromatic heterocycles. The Bertz CT molecular complexity index is 1180. The van der Waals surface area contributed by atoms with Gasteiger partial charge in [0.25, 0.3) is 0 Å². The first-order chi connectivity index (χ1) is 16.3. The molecule has 0 unspecified atom stereocenters. The van der Waals surface area contributed by atoms with Gasteiger partial charge in [-0.05, 0) is 48.8 Å². The van der Waals surface area contributed by atoms with E-state index in [0.29, 0.717) is 6.54 Å². The van der Waals surface area contributed by atoms with Gasteiger partial charge in [0.2, 0.25) is 12.7 Å². The molecular weight excluding hydrogens is 414 g/mol. The number of fused-ring (bicyclic) bond motifs is 1. The van der Waals surface area contributed by atoms with E-state index in [1.807, 2.05) is 42.5 Å². The van der Waals surface area contributed by atoms with Gasteiger partial charge in [-0.3, -0.25) is 0 Å². The number of allylic oxidation sites excluding steroid dienone is 4. The zero-order valence-electron chi connectivity index (χ0n) is 18.7. The topological polar surface area (TPSA) is 51.0 Å². The van der Waals surface area contributed by atoms with E-state index in [1.165, 1.54) is 5.56 Å². The molecule has 3 heterocycles. The Morgan fingerprint density at radius 3 is 2.61 bits per heavy atom. The monoisotopic (exact) mass is 441 g/mol. The molecule has 2 aliphatic rings. The average molecular weight is 442 g/mol. The maximum Gasteiger partial charge on any atom is 0.231 e. The van der Waals surface area contributed by atoms with E-state index < -0.39 is 0 Å². The smallest absolute Gasteiger partial charge is 0.231 e. The number of hydrogen-bond donors (Lipinski definition) is 0. The molecule has 0 N–H and O–H groups in total. The molecule has 6 heteroatoms. The lowest BCUT2D eigenvalue weighted by atomic mass is 10.1. The predicted molar refractivity (Wildman–Crippen MR) is 129 cm³/mol. The summed E-state index contributed by atoms with van der Waals surface area (Å²) in [5.74, 6) is 2.34. The van der Waals surface area contributed by atoms with Crippen molar-refractivity contribution in [2.45, 2.75) is 19.9 Å². The number of aryl methyl sites for hydroxylation is 1. The van der Waals surface area contributed by atoms with Crippen molar-refractivity contribution < 1.29 is 14.0 Å². The molecule has 0 bridgehead atoms. The van der Waals surface area contributed by atoms with E-state index in [-0.39, 0.29) is 6.79 Å². The second-order valence-corrected chi connectivity index (χ2v) is 8.13. The first kappa shape index (κ1) is 20.9. The lowest BCUT2D eigenvalue weighted by molar-refractivity contribution is 0.174. The highest BCUT2D eigenvalue weighted by atomic mass is 16.7. The minimum absolute atomic E-state index is 0.274. The standard InChI is InChI=1S/C27H27N3O3/c1-21-9-4-5-10-23(21)24-18-27(33-28-24)30(16-8-15-29-13-6-2-3-7-14-29)19-22-11-12-25-26(17-22)32-20-31-25/h2-7,9-14,17-18H,8,15-16,19-20H2,1H3. The highest BCUT2D eigenvalue weighted by molar-refractivity contribution is 5.65. The summed E-state index contributed by atoms with van der Waals surface area (Å²) in [5.41, 5.74) is 4.24. The van der Waals surface area contributed by atoms with Crippen LogP contribution in [0.5, 0.6) is 11.5 Å². The van der Waals surface area contributed by atoms with Crippen LogP contribution in [0.4, 0.5) is 5.88 Å². The number of benzene rings is 2. The number of nitrogens with zero attached hydrogens (tertiary/aromatic N) is 3. The van der Waals surface area contributed by atoms with Crippen LogP contribution in [0.15, 0.2) is 89.8 Å². The van der Waals surface area contributed by atoms with Gasteiger partial charge >= 0.3 is 0 Å². The van der Waals surface area contributed by atoms with Crippen molar-refractivity contribution in [1.82, 2.24) is 10.1 Å². The van der Waals surface area contributed by atoms with Crippen molar-refractivity contribution in [3.8, 4) is 22.8 Å². The summed E-state index contributed by atoms with van der Waals surface area (Å²) in [6, 6.07) is 16.3. The van der Waals surface area contributed by atoms with E-state index in [4.69, 9.17) is 14.0 Å². The van der Waals surface area contributed by atoms with Gasteiger partial charge in [0, 0.05) is 43.7 Å². The fraction of sp³-hybridized carbons (Fsp3) is 0.222. The Labute approximate surface area is 194 Å². The first-order valence-electron chi connectivity index (χ1n) is 11.2. The third-order valence-corrected chi connectivity index (χ3v) is 5.77. The molecule has 0 atom stereocenters. The molecule has 0 amide bonds. The van der Waals surface area contributed by atoms with Crippen LogP contribution in [0.2, 0.25) is 0 Å². The zero-order chi connectivity index (χ0) is 22.5. The van der Waals surface area contributed by atoms with Crippen molar-refractivity contribution in [2.75, 3.05) is 24.8 Å². The van der Waals surface area contributed by atoms with Gasteiger partial charge in [0.15, 0.2) is 11.5 Å². The SMILES string of the molecule is Cc1ccccc1-c1cc(N(CCCN2C=CC=CC=C2)Cc2ccc3c(c2)OCO3)on1. The Morgan fingerprint density at radius 2 is 1.76 bits per heavy atom. The Morgan fingerprint density at radius 1 is 0.939 bits per heavy atom. The molecular formula is C27H27N3O3. The van der Waals surface area contributed by atoms with Crippen molar-refractivity contribution in [2.24, 2.45) is 0 Å². The minimum atomic E-state index is 0.274. The molecule has 0 radical (unpaired) electrons. The Kier molecular flexibility index (Phi) is 6.15. The first-order valence-corrected chi connectivity index (χ1v) is 11.2. The number of aromatic nitrogens is 1. The van der Waals surface area contributed by atoms with Gasteiger partial charge in [-0.25, -0.2) is 0 Å². The van der Waals surface area contributed by atoms with Crippen molar-refractivity contribution in [1.29, 1.82) is 0 Å². The van der Waals surface area contributed by atoms with Crippen LogP contribution < -0.4 is 14.4 Å². The Hall–Kier alpha value is -3.93. The van der Waals surface area contributed by atoms with Crippen LogP contribution in [0, 0.1) is 6.92 Å². The maximum absolute atomic E-state index is 5.83. The number of rotatable bonds is 8. The summed E-state index contributed by atoms with van der Waals surface area (Å²) in [7, 11) is 0.